The number of ether oxygens (including phenoxy) is 9. The molecule has 0 spiro atoms. The van der Waals surface area contributed by atoms with Gasteiger partial charge >= 0.3 is 5.97 Å². The Kier molecular flexibility index (Phi) is 6.32. The van der Waals surface area contributed by atoms with Crippen LogP contribution in [0.2, 0.25) is 0 Å². The maximum atomic E-state index is 13.3. The van der Waals surface area contributed by atoms with E-state index in [2.05, 4.69) is 0 Å². The Labute approximate surface area is 234 Å². The third kappa shape index (κ3) is 4.13. The first-order valence-corrected chi connectivity index (χ1v) is 13.1. The number of hydrogen-bond acceptors (Lipinski definition) is 12. The molecule has 12 nitrogen and oxygen atoms in total. The standard InChI is InChI=1S/C29H28O12/c1-12-35-10-21-27(39-12)24(30)25(31)29(40-21)41-26-15-8-19(34-3)18(33-2)7-14(15)22(23-16(26)9-36-28(23)32)13-4-5-17-20(6-13)38-11-37-17/h4-8,12,21,24-25,27,29-31H,9-11H2,1-3H3/t12-,21-,24-,25-,27-,29+/m1/s1. The third-order valence-corrected chi connectivity index (χ3v) is 7.80. The summed E-state index contributed by atoms with van der Waals surface area (Å²) in [4.78, 5) is 13.3. The van der Waals surface area contributed by atoms with Crippen LogP contribution in [0.4, 0.5) is 0 Å². The van der Waals surface area contributed by atoms with Gasteiger partial charge in [-0.05, 0) is 42.1 Å². The second-order valence-electron chi connectivity index (χ2n) is 10.1. The molecule has 6 atom stereocenters. The predicted octanol–water partition coefficient (Wildman–Crippen LogP) is 2.51. The lowest BCUT2D eigenvalue weighted by molar-refractivity contribution is -0.343. The molecule has 0 amide bonds. The van der Waals surface area contributed by atoms with Crippen molar-refractivity contribution in [2.45, 2.75) is 50.5 Å². The maximum absolute atomic E-state index is 13.3. The van der Waals surface area contributed by atoms with Gasteiger partial charge in [-0.2, -0.15) is 0 Å². The van der Waals surface area contributed by atoms with Crippen LogP contribution in [0.25, 0.3) is 21.9 Å². The molecule has 0 unspecified atom stereocenters. The Morgan fingerprint density at radius 1 is 0.878 bits per heavy atom. The number of rotatable bonds is 5. The number of cyclic esters (lactones) is 1. The molecule has 3 aromatic rings. The molecule has 4 aliphatic rings. The molecule has 2 fully saturated rings. The summed E-state index contributed by atoms with van der Waals surface area (Å²) in [6.45, 7) is 1.87. The van der Waals surface area contributed by atoms with Crippen molar-refractivity contribution in [3.63, 3.8) is 0 Å². The Hall–Kier alpha value is -3.81. The van der Waals surface area contributed by atoms with Crippen LogP contribution in [-0.2, 0) is 25.6 Å². The van der Waals surface area contributed by atoms with E-state index >= 15 is 0 Å². The number of carbonyl (C=O) groups is 1. The minimum absolute atomic E-state index is 0.0769. The first-order valence-electron chi connectivity index (χ1n) is 13.1. The van der Waals surface area contributed by atoms with Gasteiger partial charge in [0.1, 0.15) is 36.8 Å². The lowest BCUT2D eigenvalue weighted by atomic mass is 9.89. The fourth-order valence-electron chi connectivity index (χ4n) is 5.81. The number of fused-ring (bicyclic) bond motifs is 4. The van der Waals surface area contributed by atoms with E-state index in [1.807, 2.05) is 6.07 Å². The lowest BCUT2D eigenvalue weighted by Gasteiger charge is -2.45. The summed E-state index contributed by atoms with van der Waals surface area (Å²) in [7, 11) is 3.03. The molecular weight excluding hydrogens is 540 g/mol. The molecular formula is C29H28O12. The number of hydrogen-bond donors (Lipinski definition) is 2. The molecule has 0 aliphatic carbocycles. The largest absolute Gasteiger partial charge is 0.493 e. The van der Waals surface area contributed by atoms with E-state index in [-0.39, 0.29) is 25.8 Å². The zero-order chi connectivity index (χ0) is 28.4. The van der Waals surface area contributed by atoms with E-state index in [9.17, 15) is 15.0 Å². The van der Waals surface area contributed by atoms with E-state index in [1.165, 1.54) is 14.2 Å². The Morgan fingerprint density at radius 3 is 2.41 bits per heavy atom. The van der Waals surface area contributed by atoms with Gasteiger partial charge in [-0.1, -0.05) is 6.07 Å². The summed E-state index contributed by atoms with van der Waals surface area (Å²) in [6.07, 6.45) is -6.10. The normalized spacial score (nSPS) is 28.2. The van der Waals surface area contributed by atoms with Crippen LogP contribution in [-0.4, -0.2) is 80.8 Å². The second-order valence-corrected chi connectivity index (χ2v) is 10.1. The average Bonchev–Trinajstić information content (AvgIpc) is 3.61. The van der Waals surface area contributed by atoms with Crippen LogP contribution in [0.5, 0.6) is 28.7 Å². The number of benzene rings is 3. The van der Waals surface area contributed by atoms with Crippen molar-refractivity contribution < 1.29 is 57.6 Å². The van der Waals surface area contributed by atoms with Crippen LogP contribution >= 0.6 is 0 Å². The van der Waals surface area contributed by atoms with Gasteiger partial charge in [0.05, 0.1) is 26.4 Å². The fraction of sp³-hybridized carbons (Fsp3) is 0.414. The average molecular weight is 569 g/mol. The molecule has 7 rings (SSSR count). The Balaban J connectivity index is 1.41. The maximum Gasteiger partial charge on any atom is 0.339 e. The fourth-order valence-corrected chi connectivity index (χ4v) is 5.81. The Bertz CT molecular complexity index is 1530. The van der Waals surface area contributed by atoms with E-state index in [1.54, 1.807) is 31.2 Å². The topological polar surface area (TPSA) is 141 Å². The van der Waals surface area contributed by atoms with Crippen LogP contribution < -0.4 is 23.7 Å². The van der Waals surface area contributed by atoms with Crippen molar-refractivity contribution in [1.29, 1.82) is 0 Å². The molecule has 4 heterocycles. The molecule has 12 heteroatoms. The SMILES string of the molecule is COc1cc2c(O[C@@H]3O[C@@H]4CO[C@@H](C)O[C@H]4[C@H](O)[C@H]3O)c3c(c(-c4ccc5c(c4)OCO5)c2cc1OC)C(=O)OC3. The molecule has 2 N–H and O–H groups in total. The number of carbonyl (C=O) groups excluding carboxylic acids is 1. The third-order valence-electron chi connectivity index (χ3n) is 7.80. The molecule has 0 aromatic heterocycles. The number of aliphatic hydroxyl groups excluding tert-OH is 2. The van der Waals surface area contributed by atoms with Crippen molar-refractivity contribution in [2.75, 3.05) is 27.6 Å². The molecule has 4 aliphatic heterocycles. The number of aliphatic hydroxyl groups is 2. The van der Waals surface area contributed by atoms with E-state index in [0.717, 1.165) is 0 Å². The molecule has 3 aromatic carbocycles. The number of methoxy groups -OCH3 is 2. The van der Waals surface area contributed by atoms with Crippen LogP contribution in [0.3, 0.4) is 0 Å². The summed E-state index contributed by atoms with van der Waals surface area (Å²) in [5.41, 5.74) is 2.02. The van der Waals surface area contributed by atoms with Gasteiger partial charge in [0, 0.05) is 16.5 Å². The number of esters is 1. The summed E-state index contributed by atoms with van der Waals surface area (Å²) < 4.78 is 51.3. The predicted molar refractivity (Wildman–Crippen MR) is 139 cm³/mol. The smallest absolute Gasteiger partial charge is 0.339 e. The minimum Gasteiger partial charge on any atom is -0.493 e. The Morgan fingerprint density at radius 2 is 1.63 bits per heavy atom. The second kappa shape index (κ2) is 9.93. The molecule has 0 radical (unpaired) electrons. The highest BCUT2D eigenvalue weighted by atomic mass is 16.8. The lowest BCUT2D eigenvalue weighted by Crippen LogP contribution is -2.63. The molecule has 0 saturated carbocycles. The molecule has 2 saturated heterocycles. The van der Waals surface area contributed by atoms with E-state index in [0.29, 0.717) is 56.0 Å². The highest BCUT2D eigenvalue weighted by molar-refractivity contribution is 6.14. The van der Waals surface area contributed by atoms with Gasteiger partial charge in [-0.3, -0.25) is 0 Å². The van der Waals surface area contributed by atoms with E-state index < -0.39 is 43.0 Å². The summed E-state index contributed by atoms with van der Waals surface area (Å²) in [6, 6.07) is 8.89. The van der Waals surface area contributed by atoms with Crippen molar-refractivity contribution in [2.24, 2.45) is 0 Å². The van der Waals surface area contributed by atoms with Gasteiger partial charge in [0.15, 0.2) is 29.3 Å². The summed E-state index contributed by atoms with van der Waals surface area (Å²) in [5, 5.41) is 23.0. The first kappa shape index (κ1) is 26.1. The highest BCUT2D eigenvalue weighted by Crippen LogP contribution is 2.50. The highest BCUT2D eigenvalue weighted by Gasteiger charge is 2.49. The van der Waals surface area contributed by atoms with Gasteiger partial charge in [0.25, 0.3) is 0 Å². The van der Waals surface area contributed by atoms with Gasteiger partial charge < -0.3 is 52.8 Å². The van der Waals surface area contributed by atoms with Crippen molar-refractivity contribution in [3.8, 4) is 39.9 Å². The van der Waals surface area contributed by atoms with Gasteiger partial charge in [0.2, 0.25) is 13.1 Å². The monoisotopic (exact) mass is 568 g/mol. The summed E-state index contributed by atoms with van der Waals surface area (Å²) in [5.74, 6) is 1.69. The quantitative estimate of drug-likeness (QED) is 0.437. The van der Waals surface area contributed by atoms with Gasteiger partial charge in [-0.15, -0.1) is 0 Å². The van der Waals surface area contributed by atoms with E-state index in [4.69, 9.17) is 42.6 Å². The van der Waals surface area contributed by atoms with Crippen LogP contribution in [0.15, 0.2) is 30.3 Å². The first-order chi connectivity index (χ1) is 19.9. The van der Waals surface area contributed by atoms with Crippen molar-refractivity contribution in [3.05, 3.63) is 41.5 Å². The molecule has 0 bridgehead atoms. The molecule has 41 heavy (non-hydrogen) atoms. The zero-order valence-corrected chi connectivity index (χ0v) is 22.4. The van der Waals surface area contributed by atoms with Crippen LogP contribution in [0, 0.1) is 0 Å². The molecule has 216 valence electrons. The van der Waals surface area contributed by atoms with Crippen molar-refractivity contribution in [1.82, 2.24) is 0 Å². The zero-order valence-electron chi connectivity index (χ0n) is 22.4. The van der Waals surface area contributed by atoms with Crippen LogP contribution in [0.1, 0.15) is 22.8 Å². The summed E-state index contributed by atoms with van der Waals surface area (Å²) >= 11 is 0. The van der Waals surface area contributed by atoms with Gasteiger partial charge in [-0.25, -0.2) is 4.79 Å². The van der Waals surface area contributed by atoms with Crippen molar-refractivity contribution >= 4 is 16.7 Å². The minimum atomic E-state index is -1.46.